The lowest BCUT2D eigenvalue weighted by Gasteiger charge is -2.16. The van der Waals surface area contributed by atoms with Gasteiger partial charge in [0.1, 0.15) is 0 Å². The van der Waals surface area contributed by atoms with E-state index >= 15 is 0 Å². The van der Waals surface area contributed by atoms with Crippen LogP contribution in [-0.2, 0) is 12.8 Å². The van der Waals surface area contributed by atoms with Gasteiger partial charge in [-0.1, -0.05) is 91.1 Å². The van der Waals surface area contributed by atoms with Crippen LogP contribution in [0.5, 0.6) is 0 Å². The van der Waals surface area contributed by atoms with E-state index in [1.54, 1.807) is 0 Å². The summed E-state index contributed by atoms with van der Waals surface area (Å²) in [7, 11) is 0. The van der Waals surface area contributed by atoms with Gasteiger partial charge in [-0.05, 0) is 63.3 Å². The average Bonchev–Trinajstić information content (AvgIpc) is 2.89. The molecule has 182 valence electrons. The fourth-order valence-electron chi connectivity index (χ4n) is 3.95. The van der Waals surface area contributed by atoms with Crippen LogP contribution in [0, 0.1) is 11.3 Å². The lowest BCUT2D eigenvalue weighted by atomic mass is 9.99. The molecule has 0 saturated heterocycles. The van der Waals surface area contributed by atoms with Crippen LogP contribution in [0.1, 0.15) is 49.1 Å². The summed E-state index contributed by atoms with van der Waals surface area (Å²) < 4.78 is 0. The van der Waals surface area contributed by atoms with E-state index in [1.807, 2.05) is 42.5 Å². The zero-order valence-corrected chi connectivity index (χ0v) is 21.4. The third-order valence-corrected chi connectivity index (χ3v) is 5.89. The fraction of sp³-hybridized carbons (Fsp3) is 0.212. The van der Waals surface area contributed by atoms with E-state index in [-0.39, 0.29) is 0 Å². The van der Waals surface area contributed by atoms with Gasteiger partial charge in [-0.15, -0.1) is 0 Å². The molecule has 2 aromatic carbocycles. The quantitative estimate of drug-likeness (QED) is 0.273. The van der Waals surface area contributed by atoms with Crippen LogP contribution in [0.15, 0.2) is 109 Å². The lowest BCUT2D eigenvalue weighted by molar-refractivity contribution is 0.792. The van der Waals surface area contributed by atoms with E-state index in [4.69, 9.17) is 4.98 Å². The highest BCUT2D eigenvalue weighted by molar-refractivity contribution is 5.71. The molecule has 0 aliphatic heterocycles. The number of aromatic nitrogens is 1. The minimum Gasteiger partial charge on any atom is -0.385 e. The zero-order chi connectivity index (χ0) is 25.8. The largest absolute Gasteiger partial charge is 0.385 e. The highest BCUT2D eigenvalue weighted by Gasteiger charge is 2.12. The van der Waals surface area contributed by atoms with Crippen molar-refractivity contribution in [1.82, 2.24) is 10.3 Å². The summed E-state index contributed by atoms with van der Waals surface area (Å²) in [6.45, 7) is 13.4. The van der Waals surface area contributed by atoms with E-state index in [0.717, 1.165) is 66.0 Å². The first-order valence-electron chi connectivity index (χ1n) is 12.4. The summed E-state index contributed by atoms with van der Waals surface area (Å²) in [6, 6.07) is 24.5. The molecule has 0 radical (unpaired) electrons. The van der Waals surface area contributed by atoms with Gasteiger partial charge in [-0.3, -0.25) is 4.98 Å². The summed E-state index contributed by atoms with van der Waals surface area (Å²) in [5.41, 5.74) is 8.83. The number of allylic oxidation sites excluding steroid dienone is 4. The minimum absolute atomic E-state index is 0.629. The van der Waals surface area contributed by atoms with Crippen molar-refractivity contribution in [3.63, 3.8) is 0 Å². The van der Waals surface area contributed by atoms with E-state index in [0.29, 0.717) is 5.56 Å². The molecule has 3 aromatic rings. The van der Waals surface area contributed by atoms with Crippen LogP contribution < -0.4 is 5.32 Å². The molecular weight excluding hydrogens is 438 g/mol. The Balaban J connectivity index is 1.75. The number of benzene rings is 2. The number of nitrogens with one attached hydrogen (secondary N) is 1. The Morgan fingerprint density at radius 3 is 2.47 bits per heavy atom. The van der Waals surface area contributed by atoms with Crippen LogP contribution in [0.2, 0.25) is 0 Å². The normalized spacial score (nSPS) is 10.6. The molecule has 0 aliphatic rings. The van der Waals surface area contributed by atoms with Gasteiger partial charge in [0.15, 0.2) is 0 Å². The molecule has 0 spiro atoms. The van der Waals surface area contributed by atoms with Gasteiger partial charge >= 0.3 is 0 Å². The van der Waals surface area contributed by atoms with Gasteiger partial charge in [0.25, 0.3) is 0 Å². The lowest BCUT2D eigenvalue weighted by Crippen LogP contribution is -2.15. The summed E-state index contributed by atoms with van der Waals surface area (Å²) in [4.78, 5) is 5.02. The van der Waals surface area contributed by atoms with Crippen molar-refractivity contribution in [1.29, 1.82) is 5.26 Å². The SMILES string of the molecule is C=C(/C=C\C=C(C)C)CCNC(=C)c1ccc(-c2ccccc2C#N)nc1CCCc1ccccc1. The molecular formula is C33H35N3. The van der Waals surface area contributed by atoms with Crippen LogP contribution in [0.25, 0.3) is 17.0 Å². The van der Waals surface area contributed by atoms with Crippen LogP contribution in [0.3, 0.4) is 0 Å². The van der Waals surface area contributed by atoms with Crippen molar-refractivity contribution >= 4 is 5.70 Å². The third-order valence-electron chi connectivity index (χ3n) is 5.89. The average molecular weight is 474 g/mol. The Morgan fingerprint density at radius 1 is 0.972 bits per heavy atom. The Kier molecular flexibility index (Phi) is 10.0. The van der Waals surface area contributed by atoms with E-state index in [1.165, 1.54) is 11.1 Å². The first-order chi connectivity index (χ1) is 17.5. The molecule has 1 N–H and O–H groups in total. The molecule has 0 amide bonds. The second-order valence-electron chi connectivity index (χ2n) is 9.10. The maximum absolute atomic E-state index is 9.57. The maximum atomic E-state index is 9.57. The second kappa shape index (κ2) is 13.7. The summed E-state index contributed by atoms with van der Waals surface area (Å²) in [5, 5.41) is 13.0. The molecule has 0 unspecified atom stereocenters. The van der Waals surface area contributed by atoms with Gasteiger partial charge in [0.2, 0.25) is 0 Å². The van der Waals surface area contributed by atoms with Crippen LogP contribution in [-0.4, -0.2) is 11.5 Å². The predicted molar refractivity (Wildman–Crippen MR) is 152 cm³/mol. The molecule has 1 heterocycles. The third kappa shape index (κ3) is 7.96. The van der Waals surface area contributed by atoms with Gasteiger partial charge in [0, 0.05) is 23.4 Å². The number of aryl methyl sites for hydroxylation is 2. The monoisotopic (exact) mass is 473 g/mol. The van der Waals surface area contributed by atoms with Gasteiger partial charge in [0.05, 0.1) is 23.0 Å². The molecule has 0 aliphatic carbocycles. The molecule has 3 rings (SSSR count). The van der Waals surface area contributed by atoms with Crippen molar-refractivity contribution < 1.29 is 0 Å². The number of pyridine rings is 1. The van der Waals surface area contributed by atoms with Crippen molar-refractivity contribution in [2.45, 2.75) is 39.5 Å². The molecule has 0 atom stereocenters. The number of hydrogen-bond donors (Lipinski definition) is 1. The van der Waals surface area contributed by atoms with Crippen LogP contribution >= 0.6 is 0 Å². The Hall–Kier alpha value is -4.16. The first kappa shape index (κ1) is 26.4. The van der Waals surface area contributed by atoms with Crippen molar-refractivity contribution in [3.05, 3.63) is 132 Å². The molecule has 36 heavy (non-hydrogen) atoms. The molecule has 1 aromatic heterocycles. The van der Waals surface area contributed by atoms with Crippen molar-refractivity contribution in [3.8, 4) is 17.3 Å². The Bertz CT molecular complexity index is 1290. The topological polar surface area (TPSA) is 48.7 Å². The van der Waals surface area contributed by atoms with Crippen molar-refractivity contribution in [2.75, 3.05) is 6.54 Å². The number of nitriles is 1. The molecule has 3 nitrogen and oxygen atoms in total. The van der Waals surface area contributed by atoms with Gasteiger partial charge in [-0.2, -0.15) is 5.26 Å². The molecule has 0 bridgehead atoms. The molecule has 3 heteroatoms. The number of hydrogen-bond acceptors (Lipinski definition) is 3. The standard InChI is InChI=1S/C33H35N3/c1-25(2)12-10-13-26(3)22-23-35-27(4)30-20-21-33(31-18-9-8-17-29(31)24-34)36-32(30)19-11-16-28-14-6-5-7-15-28/h5-10,12-15,17-18,20-21,35H,3-4,11,16,19,22-23H2,1-2H3/b13-10-. The minimum atomic E-state index is 0.629. The zero-order valence-electron chi connectivity index (χ0n) is 21.4. The summed E-state index contributed by atoms with van der Waals surface area (Å²) in [5.74, 6) is 0. The van der Waals surface area contributed by atoms with Crippen LogP contribution in [0.4, 0.5) is 0 Å². The molecule has 0 fully saturated rings. The Labute approximate surface area is 216 Å². The second-order valence-corrected chi connectivity index (χ2v) is 9.10. The highest BCUT2D eigenvalue weighted by Crippen LogP contribution is 2.25. The number of rotatable bonds is 12. The predicted octanol–water partition coefficient (Wildman–Crippen LogP) is 7.82. The smallest absolute Gasteiger partial charge is 0.0998 e. The van der Waals surface area contributed by atoms with E-state index in [9.17, 15) is 5.26 Å². The van der Waals surface area contributed by atoms with Crippen molar-refractivity contribution in [2.24, 2.45) is 0 Å². The number of nitrogens with zero attached hydrogens (tertiary/aromatic N) is 2. The molecule has 0 saturated carbocycles. The van der Waals surface area contributed by atoms with Gasteiger partial charge < -0.3 is 5.32 Å². The highest BCUT2D eigenvalue weighted by atomic mass is 14.9. The first-order valence-corrected chi connectivity index (χ1v) is 12.4. The van der Waals surface area contributed by atoms with E-state index < -0.39 is 0 Å². The van der Waals surface area contributed by atoms with E-state index in [2.05, 4.69) is 80.9 Å². The summed E-state index contributed by atoms with van der Waals surface area (Å²) >= 11 is 0. The van der Waals surface area contributed by atoms with Gasteiger partial charge in [-0.25, -0.2) is 0 Å². The summed E-state index contributed by atoms with van der Waals surface area (Å²) in [6.07, 6.45) is 9.79. The maximum Gasteiger partial charge on any atom is 0.0998 e. The fourth-order valence-corrected chi connectivity index (χ4v) is 3.95. The Morgan fingerprint density at radius 2 is 1.72 bits per heavy atom.